The Kier molecular flexibility index (Phi) is 4.04. The third-order valence-electron chi connectivity index (χ3n) is 3.15. The first-order chi connectivity index (χ1) is 8.97. The van der Waals surface area contributed by atoms with Gasteiger partial charge in [-0.05, 0) is 37.1 Å². The molecule has 5 heteroatoms. The van der Waals surface area contributed by atoms with Crippen LogP contribution in [0.1, 0.15) is 22.3 Å². The average Bonchev–Trinajstić information content (AvgIpc) is 2.77. The lowest BCUT2D eigenvalue weighted by atomic mass is 10.1. The van der Waals surface area contributed by atoms with E-state index in [9.17, 15) is 9.59 Å². The number of carbonyl (C=O) groups excluding carboxylic acids is 1. The Labute approximate surface area is 119 Å². The van der Waals surface area contributed by atoms with Crippen LogP contribution in [0.15, 0.2) is 34.8 Å². The van der Waals surface area contributed by atoms with Crippen molar-refractivity contribution in [2.24, 2.45) is 5.92 Å². The maximum absolute atomic E-state index is 12.1. The van der Waals surface area contributed by atoms with Crippen molar-refractivity contribution < 1.29 is 14.7 Å². The molecule has 2 atom stereocenters. The number of hydrogen-bond donors (Lipinski definition) is 2. The van der Waals surface area contributed by atoms with Gasteiger partial charge < -0.3 is 10.4 Å². The first kappa shape index (κ1) is 13.8. The number of aliphatic carboxylic acids is 1. The molecule has 0 saturated heterocycles. The molecule has 2 rings (SSSR count). The lowest BCUT2D eigenvalue weighted by Crippen LogP contribution is -2.33. The third kappa shape index (κ3) is 3.23. The molecule has 0 aromatic heterocycles. The number of aryl methyl sites for hydroxylation is 1. The summed E-state index contributed by atoms with van der Waals surface area (Å²) in [5.41, 5.74) is 1.49. The fourth-order valence-electron chi connectivity index (χ4n) is 2.12. The Morgan fingerprint density at radius 3 is 2.68 bits per heavy atom. The van der Waals surface area contributed by atoms with Crippen molar-refractivity contribution in [2.45, 2.75) is 19.4 Å². The predicted molar refractivity (Wildman–Crippen MR) is 75.0 cm³/mol. The maximum Gasteiger partial charge on any atom is 0.310 e. The molecule has 1 aromatic carbocycles. The van der Waals surface area contributed by atoms with Gasteiger partial charge in [-0.15, -0.1) is 0 Å². The zero-order valence-corrected chi connectivity index (χ0v) is 12.0. The largest absolute Gasteiger partial charge is 0.481 e. The Balaban J connectivity index is 2.03. The van der Waals surface area contributed by atoms with E-state index in [1.165, 1.54) is 0 Å². The number of carboxylic acids is 1. The highest BCUT2D eigenvalue weighted by Gasteiger charge is 2.25. The minimum atomic E-state index is -0.854. The molecule has 0 aliphatic heterocycles. The first-order valence-electron chi connectivity index (χ1n) is 5.95. The molecular formula is C14H14BrNO3. The lowest BCUT2D eigenvalue weighted by Gasteiger charge is -2.13. The summed E-state index contributed by atoms with van der Waals surface area (Å²) in [7, 11) is 0. The Hall–Kier alpha value is -1.62. The smallest absolute Gasteiger partial charge is 0.310 e. The highest BCUT2D eigenvalue weighted by Crippen LogP contribution is 2.20. The van der Waals surface area contributed by atoms with Crippen LogP contribution < -0.4 is 5.32 Å². The number of amides is 1. The van der Waals surface area contributed by atoms with E-state index in [-0.39, 0.29) is 11.9 Å². The van der Waals surface area contributed by atoms with E-state index in [4.69, 9.17) is 5.11 Å². The Bertz CT molecular complexity index is 554. The zero-order chi connectivity index (χ0) is 14.0. The average molecular weight is 324 g/mol. The van der Waals surface area contributed by atoms with Gasteiger partial charge in [0, 0.05) is 16.1 Å². The molecule has 2 unspecified atom stereocenters. The SMILES string of the molecule is Cc1cc(Br)ccc1C(=O)NC1C=CC(C(=O)O)C1. The van der Waals surface area contributed by atoms with Gasteiger partial charge in [-0.25, -0.2) is 0 Å². The number of hydrogen-bond acceptors (Lipinski definition) is 2. The minimum absolute atomic E-state index is 0.175. The van der Waals surface area contributed by atoms with E-state index in [2.05, 4.69) is 21.2 Å². The molecule has 1 aromatic rings. The van der Waals surface area contributed by atoms with Crippen LogP contribution in [0.2, 0.25) is 0 Å². The van der Waals surface area contributed by atoms with E-state index in [0.29, 0.717) is 12.0 Å². The lowest BCUT2D eigenvalue weighted by molar-refractivity contribution is -0.140. The maximum atomic E-state index is 12.1. The first-order valence-corrected chi connectivity index (χ1v) is 6.75. The number of carboxylic acid groups (broad SMARTS) is 1. The second-order valence-electron chi connectivity index (χ2n) is 4.60. The zero-order valence-electron chi connectivity index (χ0n) is 10.4. The van der Waals surface area contributed by atoms with E-state index in [0.717, 1.165) is 10.0 Å². The summed E-state index contributed by atoms with van der Waals surface area (Å²) in [4.78, 5) is 22.9. The van der Waals surface area contributed by atoms with Crippen LogP contribution in [0.4, 0.5) is 0 Å². The quantitative estimate of drug-likeness (QED) is 0.840. The van der Waals surface area contributed by atoms with Gasteiger partial charge in [0.05, 0.1) is 5.92 Å². The summed E-state index contributed by atoms with van der Waals surface area (Å²) >= 11 is 3.35. The Morgan fingerprint density at radius 1 is 1.37 bits per heavy atom. The van der Waals surface area contributed by atoms with E-state index in [1.807, 2.05) is 19.1 Å². The van der Waals surface area contributed by atoms with Gasteiger partial charge in [-0.3, -0.25) is 9.59 Å². The van der Waals surface area contributed by atoms with Crippen LogP contribution >= 0.6 is 15.9 Å². The molecule has 100 valence electrons. The number of rotatable bonds is 3. The predicted octanol–water partition coefficient (Wildman–Crippen LogP) is 2.52. The van der Waals surface area contributed by atoms with Crippen LogP contribution in [-0.2, 0) is 4.79 Å². The molecule has 1 aliphatic rings. The van der Waals surface area contributed by atoms with Crippen LogP contribution in [0.25, 0.3) is 0 Å². The van der Waals surface area contributed by atoms with Crippen LogP contribution in [0, 0.1) is 12.8 Å². The van der Waals surface area contributed by atoms with Crippen molar-refractivity contribution in [2.75, 3.05) is 0 Å². The van der Waals surface area contributed by atoms with E-state index in [1.54, 1.807) is 18.2 Å². The number of nitrogens with one attached hydrogen (secondary N) is 1. The molecule has 1 aliphatic carbocycles. The minimum Gasteiger partial charge on any atom is -0.481 e. The molecule has 4 nitrogen and oxygen atoms in total. The molecular weight excluding hydrogens is 310 g/mol. The number of carbonyl (C=O) groups is 2. The second kappa shape index (κ2) is 5.57. The van der Waals surface area contributed by atoms with Crippen molar-refractivity contribution in [3.8, 4) is 0 Å². The highest BCUT2D eigenvalue weighted by atomic mass is 79.9. The van der Waals surface area contributed by atoms with Gasteiger partial charge in [-0.2, -0.15) is 0 Å². The number of halogens is 1. The van der Waals surface area contributed by atoms with Gasteiger partial charge in [-0.1, -0.05) is 28.1 Å². The highest BCUT2D eigenvalue weighted by molar-refractivity contribution is 9.10. The summed E-state index contributed by atoms with van der Waals surface area (Å²) in [6.45, 7) is 1.87. The van der Waals surface area contributed by atoms with Gasteiger partial charge in [0.2, 0.25) is 0 Å². The van der Waals surface area contributed by atoms with Crippen molar-refractivity contribution in [1.29, 1.82) is 0 Å². The van der Waals surface area contributed by atoms with Crippen LogP contribution in [0.3, 0.4) is 0 Å². The van der Waals surface area contributed by atoms with E-state index >= 15 is 0 Å². The van der Waals surface area contributed by atoms with Gasteiger partial charge >= 0.3 is 5.97 Å². The van der Waals surface area contributed by atoms with Crippen molar-refractivity contribution in [1.82, 2.24) is 5.32 Å². The van der Waals surface area contributed by atoms with Crippen LogP contribution in [0.5, 0.6) is 0 Å². The normalized spacial score (nSPS) is 21.4. The van der Waals surface area contributed by atoms with Crippen molar-refractivity contribution >= 4 is 27.8 Å². The standard InChI is InChI=1S/C14H14BrNO3/c1-8-6-10(15)3-5-12(8)13(17)16-11-4-2-9(7-11)14(18)19/h2-6,9,11H,7H2,1H3,(H,16,17)(H,18,19). The van der Waals surface area contributed by atoms with Gasteiger partial charge in [0.1, 0.15) is 0 Å². The molecule has 0 radical (unpaired) electrons. The molecule has 0 spiro atoms. The fraction of sp³-hybridized carbons (Fsp3) is 0.286. The third-order valence-corrected chi connectivity index (χ3v) is 3.64. The van der Waals surface area contributed by atoms with Gasteiger partial charge in [0.25, 0.3) is 5.91 Å². The molecule has 0 heterocycles. The van der Waals surface area contributed by atoms with Crippen LogP contribution in [-0.4, -0.2) is 23.0 Å². The summed E-state index contributed by atoms with van der Waals surface area (Å²) < 4.78 is 0.924. The van der Waals surface area contributed by atoms with Crippen molar-refractivity contribution in [3.63, 3.8) is 0 Å². The summed E-state index contributed by atoms with van der Waals surface area (Å²) in [6, 6.07) is 5.23. The molecule has 2 N–H and O–H groups in total. The second-order valence-corrected chi connectivity index (χ2v) is 5.52. The summed E-state index contributed by atoms with van der Waals surface area (Å²) in [6.07, 6.45) is 3.78. The Morgan fingerprint density at radius 2 is 2.11 bits per heavy atom. The summed E-state index contributed by atoms with van der Waals surface area (Å²) in [5, 5.41) is 11.7. The summed E-state index contributed by atoms with van der Waals surface area (Å²) in [5.74, 6) is -1.53. The monoisotopic (exact) mass is 323 g/mol. The molecule has 0 saturated carbocycles. The molecule has 19 heavy (non-hydrogen) atoms. The molecule has 0 fully saturated rings. The fourth-order valence-corrected chi connectivity index (χ4v) is 2.59. The number of benzene rings is 1. The topological polar surface area (TPSA) is 66.4 Å². The molecule has 1 amide bonds. The van der Waals surface area contributed by atoms with Crippen molar-refractivity contribution in [3.05, 3.63) is 46.0 Å². The molecule has 0 bridgehead atoms. The van der Waals surface area contributed by atoms with E-state index < -0.39 is 11.9 Å². The van der Waals surface area contributed by atoms with Gasteiger partial charge in [0.15, 0.2) is 0 Å².